The molecule has 112 valence electrons. The van der Waals surface area contributed by atoms with E-state index in [9.17, 15) is 4.79 Å². The number of hydrogen-bond donors (Lipinski definition) is 1. The van der Waals surface area contributed by atoms with E-state index in [0.29, 0.717) is 31.1 Å². The van der Waals surface area contributed by atoms with E-state index in [-0.39, 0.29) is 5.91 Å². The second-order valence-electron chi connectivity index (χ2n) is 4.54. The molecule has 0 unspecified atom stereocenters. The number of rotatable bonds is 6. The minimum absolute atomic E-state index is 0.109. The number of amides is 1. The maximum absolute atomic E-state index is 11.9. The van der Waals surface area contributed by atoms with Crippen LogP contribution in [0.5, 0.6) is 6.01 Å². The zero-order valence-electron chi connectivity index (χ0n) is 12.3. The number of carbonyl (C=O) groups is 1. The maximum atomic E-state index is 11.9. The fourth-order valence-corrected chi connectivity index (χ4v) is 1.91. The fraction of sp³-hybridized carbons (Fsp3) is 0.429. The summed E-state index contributed by atoms with van der Waals surface area (Å²) < 4.78 is 10.2. The quantitative estimate of drug-likeness (QED) is 0.875. The zero-order chi connectivity index (χ0) is 15.2. The highest BCUT2D eigenvalue weighted by Gasteiger charge is 2.11. The van der Waals surface area contributed by atoms with Gasteiger partial charge in [0.2, 0.25) is 5.91 Å². The van der Waals surface area contributed by atoms with Crippen LogP contribution in [0.4, 0.5) is 5.69 Å². The number of anilines is 1. The summed E-state index contributed by atoms with van der Waals surface area (Å²) in [5, 5.41) is 6.61. The van der Waals surface area contributed by atoms with Crippen LogP contribution in [-0.2, 0) is 11.2 Å². The summed E-state index contributed by atoms with van der Waals surface area (Å²) in [5.74, 6) is 0.646. The highest BCUT2D eigenvalue weighted by Crippen LogP contribution is 2.15. The predicted octanol–water partition coefficient (Wildman–Crippen LogP) is 2.05. The molecule has 0 aliphatic rings. The van der Waals surface area contributed by atoms with Crippen LogP contribution in [0.15, 0.2) is 16.9 Å². The summed E-state index contributed by atoms with van der Waals surface area (Å²) >= 11 is 0. The number of aromatic nitrogens is 3. The van der Waals surface area contributed by atoms with Crippen LogP contribution in [0.25, 0.3) is 0 Å². The molecule has 0 spiro atoms. The molecule has 0 saturated heterocycles. The molecule has 21 heavy (non-hydrogen) atoms. The first-order valence-electron chi connectivity index (χ1n) is 6.76. The number of nitrogens with one attached hydrogen (secondary N) is 1. The standard InChI is InChI=1S/C14H18N4O3/c1-4-20-14-15-7-11(8-16-14)17-13(19)6-5-12-9(2)18-21-10(12)3/h7-8H,4-6H2,1-3H3,(H,17,19). The third-order valence-corrected chi connectivity index (χ3v) is 2.97. The summed E-state index contributed by atoms with van der Waals surface area (Å²) in [7, 11) is 0. The molecule has 2 rings (SSSR count). The monoisotopic (exact) mass is 290 g/mol. The molecule has 0 atom stereocenters. The number of carbonyl (C=O) groups excluding carboxylic acids is 1. The lowest BCUT2D eigenvalue weighted by Gasteiger charge is -2.05. The van der Waals surface area contributed by atoms with Crippen molar-refractivity contribution in [1.82, 2.24) is 15.1 Å². The van der Waals surface area contributed by atoms with Crippen molar-refractivity contribution in [1.29, 1.82) is 0 Å². The van der Waals surface area contributed by atoms with Crippen LogP contribution in [0.1, 0.15) is 30.4 Å². The van der Waals surface area contributed by atoms with E-state index < -0.39 is 0 Å². The van der Waals surface area contributed by atoms with Crippen molar-refractivity contribution in [2.75, 3.05) is 11.9 Å². The van der Waals surface area contributed by atoms with Gasteiger partial charge in [0.1, 0.15) is 5.76 Å². The minimum Gasteiger partial charge on any atom is -0.464 e. The molecule has 0 fully saturated rings. The number of hydrogen-bond acceptors (Lipinski definition) is 6. The van der Waals surface area contributed by atoms with E-state index in [1.165, 1.54) is 12.4 Å². The molecule has 0 bridgehead atoms. The molecule has 0 aliphatic carbocycles. The SMILES string of the molecule is CCOc1ncc(NC(=O)CCc2c(C)noc2C)cn1. The van der Waals surface area contributed by atoms with Gasteiger partial charge in [-0.1, -0.05) is 5.16 Å². The normalized spacial score (nSPS) is 10.4. The Bertz CT molecular complexity index is 588. The van der Waals surface area contributed by atoms with E-state index in [1.807, 2.05) is 20.8 Å². The van der Waals surface area contributed by atoms with Gasteiger partial charge in [-0.2, -0.15) is 0 Å². The molecular formula is C14H18N4O3. The predicted molar refractivity (Wildman–Crippen MR) is 76.1 cm³/mol. The zero-order valence-corrected chi connectivity index (χ0v) is 12.3. The molecule has 0 radical (unpaired) electrons. The van der Waals surface area contributed by atoms with Crippen LogP contribution < -0.4 is 10.1 Å². The highest BCUT2D eigenvalue weighted by molar-refractivity contribution is 5.90. The Kier molecular flexibility index (Phi) is 4.86. The summed E-state index contributed by atoms with van der Waals surface area (Å²) in [6.07, 6.45) is 3.97. The molecular weight excluding hydrogens is 272 g/mol. The van der Waals surface area contributed by atoms with Crippen LogP contribution in [0, 0.1) is 13.8 Å². The molecule has 2 aromatic heterocycles. The Morgan fingerprint density at radius 2 is 2.05 bits per heavy atom. The van der Waals surface area contributed by atoms with Crippen molar-refractivity contribution in [3.63, 3.8) is 0 Å². The lowest BCUT2D eigenvalue weighted by Crippen LogP contribution is -2.13. The first-order chi connectivity index (χ1) is 10.1. The van der Waals surface area contributed by atoms with Gasteiger partial charge < -0.3 is 14.6 Å². The molecule has 1 amide bonds. The largest absolute Gasteiger partial charge is 0.464 e. The van der Waals surface area contributed by atoms with Gasteiger partial charge >= 0.3 is 6.01 Å². The van der Waals surface area contributed by atoms with Gasteiger partial charge in [0.15, 0.2) is 0 Å². The van der Waals surface area contributed by atoms with Gasteiger partial charge in [-0.15, -0.1) is 0 Å². The third-order valence-electron chi connectivity index (χ3n) is 2.97. The van der Waals surface area contributed by atoms with Crippen LogP contribution >= 0.6 is 0 Å². The lowest BCUT2D eigenvalue weighted by molar-refractivity contribution is -0.116. The van der Waals surface area contributed by atoms with Gasteiger partial charge in [-0.3, -0.25) is 4.79 Å². The van der Waals surface area contributed by atoms with Gasteiger partial charge in [-0.05, 0) is 27.2 Å². The molecule has 1 N–H and O–H groups in total. The number of aryl methyl sites for hydroxylation is 2. The fourth-order valence-electron chi connectivity index (χ4n) is 1.91. The van der Waals surface area contributed by atoms with Crippen LogP contribution in [0.2, 0.25) is 0 Å². The first kappa shape index (κ1) is 15.0. The molecule has 0 aliphatic heterocycles. The van der Waals surface area contributed by atoms with Crippen LogP contribution in [0.3, 0.4) is 0 Å². The van der Waals surface area contributed by atoms with Crippen LogP contribution in [-0.4, -0.2) is 27.6 Å². The Balaban J connectivity index is 1.87. The third kappa shape index (κ3) is 4.01. The van der Waals surface area contributed by atoms with E-state index >= 15 is 0 Å². The van der Waals surface area contributed by atoms with Crippen molar-refractivity contribution in [2.45, 2.75) is 33.6 Å². The smallest absolute Gasteiger partial charge is 0.316 e. The Hall–Kier alpha value is -2.44. The average molecular weight is 290 g/mol. The van der Waals surface area contributed by atoms with Gasteiger partial charge in [0, 0.05) is 12.0 Å². The molecule has 2 aromatic rings. The minimum atomic E-state index is -0.109. The average Bonchev–Trinajstić information content (AvgIpc) is 2.78. The molecule has 0 aromatic carbocycles. The maximum Gasteiger partial charge on any atom is 0.316 e. The van der Waals surface area contributed by atoms with Crippen molar-refractivity contribution in [3.8, 4) is 6.01 Å². The molecule has 2 heterocycles. The second kappa shape index (κ2) is 6.83. The Morgan fingerprint density at radius 3 is 2.62 bits per heavy atom. The number of ether oxygens (including phenoxy) is 1. The van der Waals surface area contributed by atoms with Gasteiger partial charge in [0.25, 0.3) is 0 Å². The topological polar surface area (TPSA) is 90.1 Å². The molecule has 7 nitrogen and oxygen atoms in total. The van der Waals surface area contributed by atoms with Crippen molar-refractivity contribution in [3.05, 3.63) is 29.4 Å². The van der Waals surface area contributed by atoms with E-state index in [1.54, 1.807) is 0 Å². The molecule has 0 saturated carbocycles. The highest BCUT2D eigenvalue weighted by atomic mass is 16.5. The molecule has 7 heteroatoms. The van der Waals surface area contributed by atoms with Gasteiger partial charge in [0.05, 0.1) is 30.4 Å². The Morgan fingerprint density at radius 1 is 1.33 bits per heavy atom. The van der Waals surface area contributed by atoms with Crippen molar-refractivity contribution >= 4 is 11.6 Å². The summed E-state index contributed by atoms with van der Waals surface area (Å²) in [5.41, 5.74) is 2.35. The summed E-state index contributed by atoms with van der Waals surface area (Å²) in [6.45, 7) is 6.06. The van der Waals surface area contributed by atoms with E-state index in [2.05, 4.69) is 20.4 Å². The first-order valence-corrected chi connectivity index (χ1v) is 6.76. The Labute approximate surface area is 122 Å². The van der Waals surface area contributed by atoms with Gasteiger partial charge in [-0.25, -0.2) is 9.97 Å². The summed E-state index contributed by atoms with van der Waals surface area (Å²) in [6, 6.07) is 0.297. The van der Waals surface area contributed by atoms with Crippen molar-refractivity contribution in [2.24, 2.45) is 0 Å². The summed E-state index contributed by atoms with van der Waals surface area (Å²) in [4.78, 5) is 19.9. The lowest BCUT2D eigenvalue weighted by atomic mass is 10.1. The van der Waals surface area contributed by atoms with E-state index in [0.717, 1.165) is 17.0 Å². The van der Waals surface area contributed by atoms with Crippen molar-refractivity contribution < 1.29 is 14.1 Å². The second-order valence-corrected chi connectivity index (χ2v) is 4.54. The van der Waals surface area contributed by atoms with E-state index in [4.69, 9.17) is 9.26 Å². The number of nitrogens with zero attached hydrogens (tertiary/aromatic N) is 3.